The first kappa shape index (κ1) is 22.0. The van der Waals surface area contributed by atoms with Crippen LogP contribution in [-0.4, -0.2) is 26.7 Å². The molecule has 0 saturated heterocycles. The third-order valence-electron chi connectivity index (χ3n) is 3.82. The minimum absolute atomic E-state index is 0. The van der Waals surface area contributed by atoms with Crippen LogP contribution in [-0.2, 0) is 13.0 Å². The van der Waals surface area contributed by atoms with E-state index < -0.39 is 0 Å². The van der Waals surface area contributed by atoms with E-state index in [1.807, 2.05) is 18.2 Å². The Bertz CT molecular complexity index is 754. The highest BCUT2D eigenvalue weighted by Crippen LogP contribution is 2.27. The fraction of sp³-hybridized carbons (Fsp3) is 0.316. The molecule has 0 bridgehead atoms. The lowest BCUT2D eigenvalue weighted by molar-refractivity contribution is 0.354. The molecule has 2 rings (SSSR count). The molecule has 0 aliphatic carbocycles. The Hall–Kier alpha value is -2.03. The molecule has 7 heteroatoms. The molecule has 2 aromatic carbocycles. The van der Waals surface area contributed by atoms with Crippen LogP contribution in [0.4, 0.5) is 4.39 Å². The SMILES string of the molecule is COc1ccc(CCNC(N)=NCc2ccc(F)c(C)c2)cc1OC.I. The smallest absolute Gasteiger partial charge is 0.188 e. The molecule has 0 fully saturated rings. The number of methoxy groups -OCH3 is 2. The molecule has 0 unspecified atom stereocenters. The van der Waals surface area contributed by atoms with Gasteiger partial charge in [-0.2, -0.15) is 0 Å². The highest BCUT2D eigenvalue weighted by molar-refractivity contribution is 14.0. The third kappa shape index (κ3) is 6.36. The summed E-state index contributed by atoms with van der Waals surface area (Å²) in [6.45, 7) is 2.79. The Morgan fingerprint density at radius 1 is 1.08 bits per heavy atom. The van der Waals surface area contributed by atoms with Gasteiger partial charge in [-0.3, -0.25) is 0 Å². The number of halogens is 2. The van der Waals surface area contributed by atoms with E-state index >= 15 is 0 Å². The molecular formula is C19H25FIN3O2. The van der Waals surface area contributed by atoms with Crippen molar-refractivity contribution in [2.24, 2.45) is 10.7 Å². The topological polar surface area (TPSA) is 68.9 Å². The maximum atomic E-state index is 13.2. The zero-order valence-electron chi connectivity index (χ0n) is 15.2. The second kappa shape index (κ2) is 10.8. The van der Waals surface area contributed by atoms with Gasteiger partial charge in [-0.1, -0.05) is 18.2 Å². The number of benzene rings is 2. The molecule has 0 radical (unpaired) electrons. The van der Waals surface area contributed by atoms with Crippen LogP contribution in [0.1, 0.15) is 16.7 Å². The van der Waals surface area contributed by atoms with Gasteiger partial charge in [0.05, 0.1) is 20.8 Å². The van der Waals surface area contributed by atoms with Gasteiger partial charge < -0.3 is 20.5 Å². The number of nitrogens with zero attached hydrogens (tertiary/aromatic N) is 1. The van der Waals surface area contributed by atoms with Crippen molar-refractivity contribution in [2.45, 2.75) is 19.9 Å². The van der Waals surface area contributed by atoms with Gasteiger partial charge in [0.2, 0.25) is 0 Å². The van der Waals surface area contributed by atoms with Gasteiger partial charge in [0.1, 0.15) is 5.82 Å². The van der Waals surface area contributed by atoms with Crippen molar-refractivity contribution in [3.05, 3.63) is 58.9 Å². The molecule has 26 heavy (non-hydrogen) atoms. The van der Waals surface area contributed by atoms with Crippen LogP contribution >= 0.6 is 24.0 Å². The van der Waals surface area contributed by atoms with Crippen LogP contribution in [0.5, 0.6) is 11.5 Å². The van der Waals surface area contributed by atoms with Gasteiger partial charge in [0, 0.05) is 6.54 Å². The summed E-state index contributed by atoms with van der Waals surface area (Å²) < 4.78 is 23.7. The van der Waals surface area contributed by atoms with E-state index in [1.54, 1.807) is 33.3 Å². The highest BCUT2D eigenvalue weighted by Gasteiger charge is 2.04. The van der Waals surface area contributed by atoms with Gasteiger partial charge >= 0.3 is 0 Å². The number of hydrogen-bond donors (Lipinski definition) is 2. The van der Waals surface area contributed by atoms with E-state index in [2.05, 4.69) is 10.3 Å². The van der Waals surface area contributed by atoms with E-state index in [9.17, 15) is 4.39 Å². The van der Waals surface area contributed by atoms with E-state index in [4.69, 9.17) is 15.2 Å². The zero-order valence-corrected chi connectivity index (χ0v) is 17.5. The van der Waals surface area contributed by atoms with Gasteiger partial charge in [-0.15, -0.1) is 24.0 Å². The first-order valence-corrected chi connectivity index (χ1v) is 8.03. The van der Waals surface area contributed by atoms with Crippen molar-refractivity contribution in [1.29, 1.82) is 0 Å². The summed E-state index contributed by atoms with van der Waals surface area (Å²) in [6.07, 6.45) is 0.770. The van der Waals surface area contributed by atoms with Crippen LogP contribution in [0.25, 0.3) is 0 Å². The van der Waals surface area contributed by atoms with E-state index in [0.717, 1.165) is 17.5 Å². The van der Waals surface area contributed by atoms with Crippen molar-refractivity contribution < 1.29 is 13.9 Å². The molecule has 0 aliphatic rings. The molecule has 0 aromatic heterocycles. The van der Waals surface area contributed by atoms with E-state index in [-0.39, 0.29) is 29.8 Å². The largest absolute Gasteiger partial charge is 0.493 e. The second-order valence-corrected chi connectivity index (χ2v) is 5.65. The quantitative estimate of drug-likeness (QED) is 0.368. The molecule has 0 atom stereocenters. The number of hydrogen-bond acceptors (Lipinski definition) is 3. The molecule has 142 valence electrons. The Balaban J connectivity index is 0.00000338. The monoisotopic (exact) mass is 473 g/mol. The predicted octanol–water partition coefficient (Wildman–Crippen LogP) is 3.42. The van der Waals surface area contributed by atoms with Crippen molar-refractivity contribution in [1.82, 2.24) is 5.32 Å². The fourth-order valence-corrected chi connectivity index (χ4v) is 2.41. The predicted molar refractivity (Wildman–Crippen MR) is 113 cm³/mol. The lowest BCUT2D eigenvalue weighted by Crippen LogP contribution is -2.33. The van der Waals surface area contributed by atoms with Crippen molar-refractivity contribution in [2.75, 3.05) is 20.8 Å². The number of ether oxygens (including phenoxy) is 2. The summed E-state index contributed by atoms with van der Waals surface area (Å²) >= 11 is 0. The summed E-state index contributed by atoms with van der Waals surface area (Å²) in [6, 6.07) is 10.7. The van der Waals surface area contributed by atoms with Crippen LogP contribution in [0, 0.1) is 12.7 Å². The highest BCUT2D eigenvalue weighted by atomic mass is 127. The van der Waals surface area contributed by atoms with Gasteiger partial charge in [-0.05, 0) is 48.2 Å². The Morgan fingerprint density at radius 3 is 2.42 bits per heavy atom. The van der Waals surface area contributed by atoms with E-state index in [1.165, 1.54) is 6.07 Å². The van der Waals surface area contributed by atoms with Crippen molar-refractivity contribution in [3.8, 4) is 11.5 Å². The average molecular weight is 473 g/mol. The first-order valence-electron chi connectivity index (χ1n) is 8.03. The van der Waals surface area contributed by atoms with Gasteiger partial charge in [0.15, 0.2) is 17.5 Å². The van der Waals surface area contributed by atoms with Crippen LogP contribution in [0.3, 0.4) is 0 Å². The Labute approximate surface area is 170 Å². The van der Waals surface area contributed by atoms with E-state index in [0.29, 0.717) is 36.1 Å². The molecular weight excluding hydrogens is 448 g/mol. The van der Waals surface area contributed by atoms with Crippen molar-refractivity contribution >= 4 is 29.9 Å². The molecule has 5 nitrogen and oxygen atoms in total. The summed E-state index contributed by atoms with van der Waals surface area (Å²) in [7, 11) is 3.22. The van der Waals surface area contributed by atoms with Crippen molar-refractivity contribution in [3.63, 3.8) is 0 Å². The number of aliphatic imine (C=N–C) groups is 1. The molecule has 0 amide bonds. The van der Waals surface area contributed by atoms with Gasteiger partial charge in [-0.25, -0.2) is 9.38 Å². The normalized spacial score (nSPS) is 10.8. The first-order chi connectivity index (χ1) is 12.0. The summed E-state index contributed by atoms with van der Waals surface area (Å²) in [5, 5.41) is 3.08. The zero-order chi connectivity index (χ0) is 18.2. The number of nitrogens with two attached hydrogens (primary N) is 1. The summed E-state index contributed by atoms with van der Waals surface area (Å²) in [4.78, 5) is 4.27. The minimum Gasteiger partial charge on any atom is -0.493 e. The Kier molecular flexibility index (Phi) is 9.18. The third-order valence-corrected chi connectivity index (χ3v) is 3.82. The second-order valence-electron chi connectivity index (χ2n) is 5.65. The van der Waals surface area contributed by atoms with Gasteiger partial charge in [0.25, 0.3) is 0 Å². The molecule has 3 N–H and O–H groups in total. The number of nitrogens with one attached hydrogen (secondary N) is 1. The maximum absolute atomic E-state index is 13.2. The number of aryl methyl sites for hydroxylation is 1. The fourth-order valence-electron chi connectivity index (χ4n) is 2.41. The summed E-state index contributed by atoms with van der Waals surface area (Å²) in [5.41, 5.74) is 8.50. The summed E-state index contributed by atoms with van der Waals surface area (Å²) in [5.74, 6) is 1.55. The maximum Gasteiger partial charge on any atom is 0.188 e. The number of guanidine groups is 1. The molecule has 2 aromatic rings. The molecule has 0 aliphatic heterocycles. The lowest BCUT2D eigenvalue weighted by Gasteiger charge is -2.10. The van der Waals surface area contributed by atoms with Crippen LogP contribution in [0.2, 0.25) is 0 Å². The number of rotatable bonds is 7. The van der Waals surface area contributed by atoms with Crippen LogP contribution in [0.15, 0.2) is 41.4 Å². The average Bonchev–Trinajstić information content (AvgIpc) is 2.62. The lowest BCUT2D eigenvalue weighted by atomic mass is 10.1. The Morgan fingerprint density at radius 2 is 1.77 bits per heavy atom. The molecule has 0 heterocycles. The van der Waals surface area contributed by atoms with Crippen LogP contribution < -0.4 is 20.5 Å². The standard InChI is InChI=1S/C19H24FN3O2.HI/c1-13-10-15(4-6-16(13)20)12-23-19(21)22-9-8-14-5-7-17(24-2)18(11-14)25-3;/h4-7,10-11H,8-9,12H2,1-3H3,(H3,21,22,23);1H. The minimum atomic E-state index is -0.214. The molecule has 0 saturated carbocycles. The molecule has 0 spiro atoms.